The predicted octanol–water partition coefficient (Wildman–Crippen LogP) is 5.30. The zero-order valence-corrected chi connectivity index (χ0v) is 20.4. The van der Waals surface area contributed by atoms with Gasteiger partial charge in [-0.1, -0.05) is 52.8 Å². The minimum Gasteiger partial charge on any atom is -0.413 e. The van der Waals surface area contributed by atoms with E-state index in [1.54, 1.807) is 24.3 Å². The maximum Gasteiger partial charge on any atom is 0.192 e. The molecule has 0 amide bonds. The average molecular weight is 427 g/mol. The largest absolute Gasteiger partial charge is 0.413 e. The second-order valence-electron chi connectivity index (χ2n) is 9.92. The van der Waals surface area contributed by atoms with E-state index in [1.807, 2.05) is 13.0 Å². The first-order chi connectivity index (χ1) is 12.8. The number of ether oxygens (including phenoxy) is 1. The minimum absolute atomic E-state index is 0.0712. The molecule has 1 saturated heterocycles. The fourth-order valence-corrected chi connectivity index (χ4v) is 6.47. The van der Waals surface area contributed by atoms with E-state index in [1.165, 1.54) is 0 Å². The molecule has 4 atom stereocenters. The van der Waals surface area contributed by atoms with Crippen molar-refractivity contribution in [3.63, 3.8) is 0 Å². The van der Waals surface area contributed by atoms with Crippen LogP contribution in [0.15, 0.2) is 35.2 Å². The molecule has 1 unspecified atom stereocenters. The van der Waals surface area contributed by atoms with E-state index in [0.717, 1.165) is 19.4 Å². The van der Waals surface area contributed by atoms with Gasteiger partial charge in [-0.2, -0.15) is 0 Å². The van der Waals surface area contributed by atoms with Crippen molar-refractivity contribution in [2.75, 3.05) is 12.4 Å². The minimum atomic E-state index is -3.34. The van der Waals surface area contributed by atoms with Crippen LogP contribution in [0.4, 0.5) is 0 Å². The Morgan fingerprint density at radius 2 is 1.71 bits per heavy atom. The van der Waals surface area contributed by atoms with Crippen molar-refractivity contribution in [1.82, 2.24) is 0 Å². The van der Waals surface area contributed by atoms with E-state index in [4.69, 9.17) is 9.16 Å². The molecule has 0 N–H and O–H groups in total. The molecule has 6 heteroatoms. The summed E-state index contributed by atoms with van der Waals surface area (Å²) < 4.78 is 38.0. The van der Waals surface area contributed by atoms with Gasteiger partial charge in [-0.25, -0.2) is 8.42 Å². The van der Waals surface area contributed by atoms with Crippen molar-refractivity contribution >= 4 is 18.2 Å². The monoisotopic (exact) mass is 426 g/mol. The van der Waals surface area contributed by atoms with Crippen LogP contribution in [0.2, 0.25) is 18.1 Å². The van der Waals surface area contributed by atoms with Crippen LogP contribution in [0.3, 0.4) is 0 Å². The molecule has 160 valence electrons. The lowest BCUT2D eigenvalue weighted by Crippen LogP contribution is -2.48. The summed E-state index contributed by atoms with van der Waals surface area (Å²) in [5.41, 5.74) is 0. The molecule has 2 rings (SSSR count). The Balaban J connectivity index is 2.18. The van der Waals surface area contributed by atoms with Gasteiger partial charge in [-0.05, 0) is 54.9 Å². The Morgan fingerprint density at radius 3 is 2.21 bits per heavy atom. The highest BCUT2D eigenvalue weighted by molar-refractivity contribution is 7.91. The van der Waals surface area contributed by atoms with Gasteiger partial charge in [0.25, 0.3) is 0 Å². The second-order valence-corrected chi connectivity index (χ2v) is 16.7. The smallest absolute Gasteiger partial charge is 0.192 e. The van der Waals surface area contributed by atoms with Crippen molar-refractivity contribution in [3.05, 3.63) is 30.3 Å². The number of hydrogen-bond donors (Lipinski definition) is 0. The Hall–Kier alpha value is -0.693. The Morgan fingerprint density at radius 1 is 1.14 bits per heavy atom. The van der Waals surface area contributed by atoms with Gasteiger partial charge in [0.2, 0.25) is 0 Å². The van der Waals surface area contributed by atoms with Gasteiger partial charge in [0.1, 0.15) is 0 Å². The topological polar surface area (TPSA) is 55.9 Å². The Bertz CT molecular complexity index is 721. The van der Waals surface area contributed by atoms with Crippen LogP contribution < -0.4 is 0 Å². The Labute approximate surface area is 173 Å². The van der Waals surface area contributed by atoms with E-state index in [2.05, 4.69) is 40.8 Å². The van der Waals surface area contributed by atoms with Crippen LogP contribution in [0, 0.1) is 11.8 Å². The van der Waals surface area contributed by atoms with Crippen molar-refractivity contribution in [1.29, 1.82) is 0 Å². The highest BCUT2D eigenvalue weighted by atomic mass is 32.2. The molecule has 1 fully saturated rings. The third-order valence-corrected chi connectivity index (χ3v) is 12.7. The fourth-order valence-electron chi connectivity index (χ4n) is 3.32. The van der Waals surface area contributed by atoms with Crippen molar-refractivity contribution < 1.29 is 17.6 Å². The zero-order valence-electron chi connectivity index (χ0n) is 18.6. The van der Waals surface area contributed by atoms with E-state index in [0.29, 0.717) is 16.9 Å². The van der Waals surface area contributed by atoms with Crippen molar-refractivity contribution in [3.8, 4) is 0 Å². The van der Waals surface area contributed by atoms with Crippen LogP contribution in [0.5, 0.6) is 0 Å². The number of rotatable bonds is 10. The zero-order chi connectivity index (χ0) is 21.2. The molecule has 4 nitrogen and oxygen atoms in total. The van der Waals surface area contributed by atoms with E-state index in [9.17, 15) is 8.42 Å². The van der Waals surface area contributed by atoms with Gasteiger partial charge in [0, 0.05) is 0 Å². The number of hydrogen-bond acceptors (Lipinski definition) is 4. The molecular formula is C22H38O4SSi. The molecule has 0 bridgehead atoms. The van der Waals surface area contributed by atoms with E-state index >= 15 is 0 Å². The van der Waals surface area contributed by atoms with Crippen LogP contribution in [0.25, 0.3) is 0 Å². The summed E-state index contributed by atoms with van der Waals surface area (Å²) in [6.07, 6.45) is 2.34. The van der Waals surface area contributed by atoms with E-state index in [-0.39, 0.29) is 22.8 Å². The molecule has 1 aromatic carbocycles. The molecular weight excluding hydrogens is 388 g/mol. The van der Waals surface area contributed by atoms with Crippen molar-refractivity contribution in [2.24, 2.45) is 11.8 Å². The normalized spacial score (nSPS) is 21.2. The summed E-state index contributed by atoms with van der Waals surface area (Å²) in [5, 5.41) is 0.0859. The molecule has 0 aromatic heterocycles. The van der Waals surface area contributed by atoms with Gasteiger partial charge in [0.15, 0.2) is 18.2 Å². The van der Waals surface area contributed by atoms with Crippen LogP contribution in [-0.2, 0) is 19.0 Å². The van der Waals surface area contributed by atoms with E-state index < -0.39 is 18.2 Å². The lowest BCUT2D eigenvalue weighted by molar-refractivity contribution is 0.0773. The molecule has 1 aliphatic heterocycles. The summed E-state index contributed by atoms with van der Waals surface area (Å²) in [6, 6.07) is 8.76. The number of benzene rings is 1. The highest BCUT2D eigenvalue weighted by Gasteiger charge is 2.42. The number of sulfone groups is 1. The van der Waals surface area contributed by atoms with Crippen LogP contribution >= 0.6 is 0 Å². The van der Waals surface area contributed by atoms with Crippen LogP contribution in [-0.4, -0.2) is 41.3 Å². The molecule has 0 saturated carbocycles. The lowest BCUT2D eigenvalue weighted by atomic mass is 9.90. The first-order valence-electron chi connectivity index (χ1n) is 10.4. The molecule has 1 aromatic rings. The van der Waals surface area contributed by atoms with Gasteiger partial charge in [0.05, 0.1) is 29.5 Å². The van der Waals surface area contributed by atoms with Gasteiger partial charge in [-0.15, -0.1) is 0 Å². The first kappa shape index (κ1) is 23.6. The molecule has 1 aliphatic rings. The van der Waals surface area contributed by atoms with Crippen LogP contribution in [0.1, 0.15) is 47.5 Å². The molecule has 28 heavy (non-hydrogen) atoms. The van der Waals surface area contributed by atoms with Crippen molar-refractivity contribution in [2.45, 2.75) is 82.7 Å². The van der Waals surface area contributed by atoms with Gasteiger partial charge < -0.3 is 9.16 Å². The number of epoxide rings is 1. The predicted molar refractivity (Wildman–Crippen MR) is 118 cm³/mol. The summed E-state index contributed by atoms with van der Waals surface area (Å²) >= 11 is 0. The van der Waals surface area contributed by atoms with Gasteiger partial charge in [-0.3, -0.25) is 0 Å². The fraction of sp³-hybridized carbons (Fsp3) is 0.727. The van der Waals surface area contributed by atoms with Gasteiger partial charge >= 0.3 is 0 Å². The summed E-state index contributed by atoms with van der Waals surface area (Å²) in [6.45, 7) is 16.3. The molecule has 0 spiro atoms. The maximum atomic E-state index is 12.9. The maximum absolute atomic E-state index is 12.9. The molecule has 0 aliphatic carbocycles. The summed E-state index contributed by atoms with van der Waals surface area (Å²) in [4.78, 5) is 0.395. The highest BCUT2D eigenvalue weighted by Crippen LogP contribution is 2.40. The molecule has 0 radical (unpaired) electrons. The third kappa shape index (κ3) is 6.41. The quantitative estimate of drug-likeness (QED) is 0.376. The Kier molecular flexibility index (Phi) is 7.57. The summed E-state index contributed by atoms with van der Waals surface area (Å²) in [7, 11) is -5.35. The molecule has 1 heterocycles. The SMILES string of the molecule is C[C@H](CS(=O)(=O)c1ccccc1)[C@H](O[Si](C)(C)C(C)(C)C)[C@@H](C)CCC1CO1. The summed E-state index contributed by atoms with van der Waals surface area (Å²) in [5.74, 6) is 0.328. The standard InChI is InChI=1S/C22H38O4SSi/c1-17(13-14-19-15-25-19)21(26-28(6,7)22(3,4)5)18(2)16-27(23,24)20-11-9-8-10-12-20/h8-12,17-19,21H,13-16H2,1-7H3/t17-,18+,19?,21+/m0/s1. The first-order valence-corrected chi connectivity index (χ1v) is 15.0. The second kappa shape index (κ2) is 8.98. The third-order valence-electron chi connectivity index (χ3n) is 6.29. The lowest BCUT2D eigenvalue weighted by Gasteiger charge is -2.43. The average Bonchev–Trinajstić information content (AvgIpc) is 3.41.